The number of carbonyl (C=O) groups excluding carboxylic acids is 1. The third kappa shape index (κ3) is 5.47. The summed E-state index contributed by atoms with van der Waals surface area (Å²) in [6.07, 6.45) is 1.71. The second kappa shape index (κ2) is 9.40. The average molecular weight is 390 g/mol. The molecule has 0 aliphatic rings. The first-order valence-electron chi connectivity index (χ1n) is 8.50. The fourth-order valence-corrected chi connectivity index (χ4v) is 2.68. The average Bonchev–Trinajstić information content (AvgIpc) is 2.71. The predicted octanol–water partition coefficient (Wildman–Crippen LogP) is 5.39. The summed E-state index contributed by atoms with van der Waals surface area (Å²) in [6, 6.07) is 25.2. The molecule has 0 fully saturated rings. The molecule has 4 nitrogen and oxygen atoms in total. The molecule has 0 N–H and O–H groups in total. The van der Waals surface area contributed by atoms with Crippen molar-refractivity contribution in [3.05, 3.63) is 95.0 Å². The number of para-hydroxylation sites is 1. The molecule has 0 aliphatic heterocycles. The second-order valence-electron chi connectivity index (χ2n) is 5.83. The van der Waals surface area contributed by atoms with Crippen molar-refractivity contribution in [3.8, 4) is 17.6 Å². The topological polar surface area (TPSA) is 59.3 Å². The molecule has 0 heterocycles. The molecule has 0 saturated heterocycles. The van der Waals surface area contributed by atoms with Crippen molar-refractivity contribution in [1.29, 1.82) is 5.26 Å². The van der Waals surface area contributed by atoms with Crippen LogP contribution < -0.4 is 9.47 Å². The molecule has 0 radical (unpaired) electrons. The maximum atomic E-state index is 12.0. The first-order chi connectivity index (χ1) is 13.6. The monoisotopic (exact) mass is 389 g/mol. The first kappa shape index (κ1) is 19.2. The zero-order chi connectivity index (χ0) is 19.8. The van der Waals surface area contributed by atoms with Gasteiger partial charge in [-0.2, -0.15) is 5.26 Å². The molecule has 28 heavy (non-hydrogen) atoms. The number of esters is 1. The van der Waals surface area contributed by atoms with Gasteiger partial charge in [-0.1, -0.05) is 54.1 Å². The number of hydrogen-bond donors (Lipinski definition) is 0. The van der Waals surface area contributed by atoms with Gasteiger partial charge in [-0.3, -0.25) is 0 Å². The Bertz CT molecular complexity index is 1040. The third-order valence-corrected chi connectivity index (χ3v) is 3.99. The van der Waals surface area contributed by atoms with Crippen LogP contribution in [0.4, 0.5) is 0 Å². The number of nitrogens with zero attached hydrogens (tertiary/aromatic N) is 1. The van der Waals surface area contributed by atoms with E-state index in [0.29, 0.717) is 27.7 Å². The fourth-order valence-electron chi connectivity index (χ4n) is 2.49. The molecule has 3 aromatic carbocycles. The van der Waals surface area contributed by atoms with E-state index in [1.165, 1.54) is 0 Å². The van der Waals surface area contributed by atoms with Gasteiger partial charge >= 0.3 is 5.97 Å². The van der Waals surface area contributed by atoms with Crippen LogP contribution in [-0.4, -0.2) is 12.6 Å². The molecule has 5 heteroatoms. The number of benzene rings is 3. The molecule has 0 aromatic heterocycles. The van der Waals surface area contributed by atoms with Gasteiger partial charge in [0.25, 0.3) is 0 Å². The van der Waals surface area contributed by atoms with Crippen molar-refractivity contribution in [3.63, 3.8) is 0 Å². The van der Waals surface area contributed by atoms with Crippen LogP contribution in [0.5, 0.6) is 11.5 Å². The Morgan fingerprint density at radius 1 is 0.964 bits per heavy atom. The highest BCUT2D eigenvalue weighted by Gasteiger charge is 2.07. The molecule has 0 bridgehead atoms. The zero-order valence-corrected chi connectivity index (χ0v) is 15.6. The molecular weight excluding hydrogens is 374 g/mol. The van der Waals surface area contributed by atoms with Crippen molar-refractivity contribution in [2.45, 2.75) is 0 Å². The summed E-state index contributed by atoms with van der Waals surface area (Å²) >= 11 is 6.00. The SMILES string of the molecule is N#C/C(=C/c1cccc(OC(=O)COc2ccccc2)c1)c1cccc(Cl)c1. The van der Waals surface area contributed by atoms with Crippen molar-refractivity contribution in [1.82, 2.24) is 0 Å². The Morgan fingerprint density at radius 3 is 2.46 bits per heavy atom. The predicted molar refractivity (Wildman–Crippen MR) is 109 cm³/mol. The lowest BCUT2D eigenvalue weighted by atomic mass is 10.0. The molecule has 138 valence electrons. The summed E-state index contributed by atoms with van der Waals surface area (Å²) in [5.74, 6) is 0.454. The van der Waals surface area contributed by atoms with Gasteiger partial charge in [0.15, 0.2) is 6.61 Å². The molecular formula is C23H16ClNO3. The van der Waals surface area contributed by atoms with E-state index in [2.05, 4.69) is 6.07 Å². The van der Waals surface area contributed by atoms with Crippen molar-refractivity contribution < 1.29 is 14.3 Å². The van der Waals surface area contributed by atoms with Gasteiger partial charge < -0.3 is 9.47 Å². The first-order valence-corrected chi connectivity index (χ1v) is 8.88. The number of rotatable bonds is 6. The number of allylic oxidation sites excluding steroid dienone is 1. The highest BCUT2D eigenvalue weighted by Crippen LogP contribution is 2.23. The summed E-state index contributed by atoms with van der Waals surface area (Å²) in [7, 11) is 0. The molecule has 0 unspecified atom stereocenters. The Hall–Kier alpha value is -3.55. The van der Waals surface area contributed by atoms with Gasteiger partial charge in [0.05, 0.1) is 11.6 Å². The third-order valence-electron chi connectivity index (χ3n) is 3.76. The van der Waals surface area contributed by atoms with E-state index in [9.17, 15) is 10.1 Å². The highest BCUT2D eigenvalue weighted by atomic mass is 35.5. The lowest BCUT2D eigenvalue weighted by Gasteiger charge is -2.07. The number of nitriles is 1. The minimum Gasteiger partial charge on any atom is -0.482 e. The molecule has 3 rings (SSSR count). The largest absolute Gasteiger partial charge is 0.482 e. The van der Waals surface area contributed by atoms with Crippen LogP contribution >= 0.6 is 11.6 Å². The molecule has 0 aliphatic carbocycles. The summed E-state index contributed by atoms with van der Waals surface area (Å²) in [6.45, 7) is -0.198. The van der Waals surface area contributed by atoms with Crippen molar-refractivity contribution in [2.75, 3.05) is 6.61 Å². The summed E-state index contributed by atoms with van der Waals surface area (Å²) in [5.41, 5.74) is 1.90. The number of carbonyl (C=O) groups is 1. The minimum absolute atomic E-state index is 0.198. The van der Waals surface area contributed by atoms with Gasteiger partial charge in [-0.25, -0.2) is 4.79 Å². The molecule has 3 aromatic rings. The van der Waals surface area contributed by atoms with E-state index in [0.717, 1.165) is 5.56 Å². The lowest BCUT2D eigenvalue weighted by molar-refractivity contribution is -0.136. The lowest BCUT2D eigenvalue weighted by Crippen LogP contribution is -2.17. The van der Waals surface area contributed by atoms with E-state index >= 15 is 0 Å². The van der Waals surface area contributed by atoms with Gasteiger partial charge in [-0.15, -0.1) is 0 Å². The van der Waals surface area contributed by atoms with E-state index in [1.807, 2.05) is 30.3 Å². The molecule has 0 saturated carbocycles. The number of halogens is 1. The van der Waals surface area contributed by atoms with Crippen LogP contribution in [0.3, 0.4) is 0 Å². The fraction of sp³-hybridized carbons (Fsp3) is 0.0435. The van der Waals surface area contributed by atoms with Gasteiger partial charge in [0.2, 0.25) is 0 Å². The number of ether oxygens (including phenoxy) is 2. The van der Waals surface area contributed by atoms with Crippen LogP contribution in [0.15, 0.2) is 78.9 Å². The number of hydrogen-bond acceptors (Lipinski definition) is 4. The normalized spacial score (nSPS) is 10.8. The van der Waals surface area contributed by atoms with Gasteiger partial charge in [0, 0.05) is 5.02 Å². The van der Waals surface area contributed by atoms with Crippen LogP contribution in [0.2, 0.25) is 5.02 Å². The van der Waals surface area contributed by atoms with E-state index in [4.69, 9.17) is 21.1 Å². The summed E-state index contributed by atoms with van der Waals surface area (Å²) < 4.78 is 10.7. The molecule has 0 atom stereocenters. The van der Waals surface area contributed by atoms with Crippen LogP contribution in [0.1, 0.15) is 11.1 Å². The minimum atomic E-state index is -0.514. The smallest absolute Gasteiger partial charge is 0.349 e. The Balaban J connectivity index is 1.69. The molecule has 0 amide bonds. The van der Waals surface area contributed by atoms with Gasteiger partial charge in [0.1, 0.15) is 11.5 Å². The second-order valence-corrected chi connectivity index (χ2v) is 6.26. The van der Waals surface area contributed by atoms with E-state index in [-0.39, 0.29) is 6.61 Å². The maximum absolute atomic E-state index is 12.0. The van der Waals surface area contributed by atoms with Crippen LogP contribution in [-0.2, 0) is 4.79 Å². The Kier molecular flexibility index (Phi) is 6.46. The molecule has 0 spiro atoms. The summed E-state index contributed by atoms with van der Waals surface area (Å²) in [4.78, 5) is 12.0. The Labute approximate surface area is 168 Å². The Morgan fingerprint density at radius 2 is 1.71 bits per heavy atom. The maximum Gasteiger partial charge on any atom is 0.349 e. The quantitative estimate of drug-likeness (QED) is 0.245. The van der Waals surface area contributed by atoms with Crippen molar-refractivity contribution >= 4 is 29.2 Å². The van der Waals surface area contributed by atoms with E-state index < -0.39 is 5.97 Å². The van der Waals surface area contributed by atoms with Crippen LogP contribution in [0.25, 0.3) is 11.6 Å². The van der Waals surface area contributed by atoms with Crippen LogP contribution in [0, 0.1) is 11.3 Å². The van der Waals surface area contributed by atoms with Crippen molar-refractivity contribution in [2.24, 2.45) is 0 Å². The van der Waals surface area contributed by atoms with E-state index in [1.54, 1.807) is 54.6 Å². The highest BCUT2D eigenvalue weighted by molar-refractivity contribution is 6.30. The summed E-state index contributed by atoms with van der Waals surface area (Å²) in [5, 5.41) is 10.0. The zero-order valence-electron chi connectivity index (χ0n) is 14.8. The standard InChI is InChI=1S/C23H16ClNO3/c24-20-8-5-7-18(14-20)19(15-25)12-17-6-4-11-22(13-17)28-23(26)16-27-21-9-2-1-3-10-21/h1-14H,16H2/b19-12-. The van der Waals surface area contributed by atoms with Gasteiger partial charge in [-0.05, 0) is 53.6 Å².